The fourth-order valence-corrected chi connectivity index (χ4v) is 3.67. The zero-order valence-corrected chi connectivity index (χ0v) is 18.9. The summed E-state index contributed by atoms with van der Waals surface area (Å²) in [5.74, 6) is 1.63. The highest BCUT2D eigenvalue weighted by atomic mass is 16.5. The van der Waals surface area contributed by atoms with Crippen molar-refractivity contribution in [2.75, 3.05) is 11.9 Å². The van der Waals surface area contributed by atoms with Crippen LogP contribution < -0.4 is 10.1 Å². The molecule has 5 heteroatoms. The van der Waals surface area contributed by atoms with Gasteiger partial charge in [-0.1, -0.05) is 44.2 Å². The largest absolute Gasteiger partial charge is 0.484 e. The van der Waals surface area contributed by atoms with Gasteiger partial charge in [0, 0.05) is 12.1 Å². The molecule has 0 atom stereocenters. The highest BCUT2D eigenvalue weighted by Gasteiger charge is 2.10. The number of oxazole rings is 1. The van der Waals surface area contributed by atoms with Crippen LogP contribution in [0.3, 0.4) is 0 Å². The van der Waals surface area contributed by atoms with Crippen LogP contribution in [0.5, 0.6) is 5.75 Å². The number of aromatic nitrogens is 1. The number of anilines is 1. The molecule has 0 bridgehead atoms. The predicted octanol–water partition coefficient (Wildman–Crippen LogP) is 6.18. The smallest absolute Gasteiger partial charge is 0.262 e. The SMILES string of the molecule is Cc1cc(C)c2oc(Cc3ccc(NC(=O)COc4ccc(C(C)C)cc4)cc3)nc2c1. The number of carbonyl (C=O) groups is 1. The maximum Gasteiger partial charge on any atom is 0.262 e. The van der Waals surface area contributed by atoms with Crippen molar-refractivity contribution in [1.29, 1.82) is 0 Å². The Hall–Kier alpha value is -3.60. The van der Waals surface area contributed by atoms with Crippen molar-refractivity contribution >= 4 is 22.7 Å². The van der Waals surface area contributed by atoms with Crippen LogP contribution in [0.15, 0.2) is 65.1 Å². The number of hydrogen-bond donors (Lipinski definition) is 1. The molecule has 0 fully saturated rings. The average Bonchev–Trinajstić information content (AvgIpc) is 3.16. The Bertz CT molecular complexity index is 1220. The molecule has 1 heterocycles. The van der Waals surface area contributed by atoms with Crippen molar-refractivity contribution in [3.63, 3.8) is 0 Å². The van der Waals surface area contributed by atoms with Gasteiger partial charge in [0.15, 0.2) is 18.1 Å². The van der Waals surface area contributed by atoms with Gasteiger partial charge in [0.25, 0.3) is 5.91 Å². The molecule has 3 aromatic carbocycles. The topological polar surface area (TPSA) is 64.4 Å². The third-order valence-corrected chi connectivity index (χ3v) is 5.37. The molecule has 0 aliphatic heterocycles. The molecule has 1 N–H and O–H groups in total. The van der Waals surface area contributed by atoms with Crippen LogP contribution in [0.2, 0.25) is 0 Å². The molecule has 0 aliphatic carbocycles. The van der Waals surface area contributed by atoms with Crippen molar-refractivity contribution in [3.8, 4) is 5.75 Å². The molecule has 0 saturated carbocycles. The van der Waals surface area contributed by atoms with Gasteiger partial charge in [-0.3, -0.25) is 4.79 Å². The predicted molar refractivity (Wildman–Crippen MR) is 127 cm³/mol. The molecule has 4 rings (SSSR count). The van der Waals surface area contributed by atoms with Gasteiger partial charge in [-0.15, -0.1) is 0 Å². The monoisotopic (exact) mass is 428 g/mol. The van der Waals surface area contributed by atoms with Gasteiger partial charge in [-0.05, 0) is 72.4 Å². The Morgan fingerprint density at radius 3 is 2.44 bits per heavy atom. The van der Waals surface area contributed by atoms with Gasteiger partial charge < -0.3 is 14.5 Å². The minimum Gasteiger partial charge on any atom is -0.484 e. The second-order valence-electron chi connectivity index (χ2n) is 8.47. The summed E-state index contributed by atoms with van der Waals surface area (Å²) in [7, 11) is 0. The number of benzene rings is 3. The molecule has 32 heavy (non-hydrogen) atoms. The lowest BCUT2D eigenvalue weighted by Crippen LogP contribution is -2.20. The van der Waals surface area contributed by atoms with Crippen molar-refractivity contribution in [1.82, 2.24) is 4.98 Å². The number of nitrogens with zero attached hydrogens (tertiary/aromatic N) is 1. The van der Waals surface area contributed by atoms with Crippen LogP contribution in [-0.4, -0.2) is 17.5 Å². The highest BCUT2D eigenvalue weighted by molar-refractivity contribution is 5.91. The van der Waals surface area contributed by atoms with Gasteiger partial charge in [0.1, 0.15) is 11.3 Å². The van der Waals surface area contributed by atoms with E-state index < -0.39 is 0 Å². The lowest BCUT2D eigenvalue weighted by molar-refractivity contribution is -0.118. The van der Waals surface area contributed by atoms with E-state index in [4.69, 9.17) is 9.15 Å². The maximum absolute atomic E-state index is 12.2. The second kappa shape index (κ2) is 9.27. The summed E-state index contributed by atoms with van der Waals surface area (Å²) in [5.41, 5.74) is 7.02. The normalized spacial score (nSPS) is 11.2. The Labute approximate surface area is 188 Å². The van der Waals surface area contributed by atoms with Crippen molar-refractivity contribution in [2.45, 2.75) is 40.0 Å². The summed E-state index contributed by atoms with van der Waals surface area (Å²) >= 11 is 0. The molecule has 0 spiro atoms. The maximum atomic E-state index is 12.2. The van der Waals surface area contributed by atoms with Gasteiger partial charge in [-0.2, -0.15) is 0 Å². The van der Waals surface area contributed by atoms with E-state index in [9.17, 15) is 4.79 Å². The molecule has 0 aliphatic rings. The Kier molecular flexibility index (Phi) is 6.26. The highest BCUT2D eigenvalue weighted by Crippen LogP contribution is 2.23. The van der Waals surface area contributed by atoms with Crippen LogP contribution in [-0.2, 0) is 11.2 Å². The van der Waals surface area contributed by atoms with Crippen LogP contribution in [0.25, 0.3) is 11.1 Å². The zero-order valence-electron chi connectivity index (χ0n) is 18.9. The number of ether oxygens (including phenoxy) is 1. The third kappa shape index (κ3) is 5.17. The zero-order chi connectivity index (χ0) is 22.7. The number of aryl methyl sites for hydroxylation is 2. The van der Waals surface area contributed by atoms with E-state index in [-0.39, 0.29) is 12.5 Å². The molecule has 4 aromatic rings. The average molecular weight is 429 g/mol. The molecule has 0 unspecified atom stereocenters. The lowest BCUT2D eigenvalue weighted by Gasteiger charge is -2.10. The van der Waals surface area contributed by atoms with Crippen LogP contribution >= 0.6 is 0 Å². The first-order valence-corrected chi connectivity index (χ1v) is 10.9. The van der Waals surface area contributed by atoms with E-state index in [2.05, 4.69) is 37.1 Å². The van der Waals surface area contributed by atoms with Crippen molar-refractivity contribution in [2.24, 2.45) is 0 Å². The summed E-state index contributed by atoms with van der Waals surface area (Å²) in [5, 5.41) is 2.87. The first kappa shape index (κ1) is 21.6. The van der Waals surface area contributed by atoms with Gasteiger partial charge >= 0.3 is 0 Å². The summed E-state index contributed by atoms with van der Waals surface area (Å²) in [6.45, 7) is 8.34. The summed E-state index contributed by atoms with van der Waals surface area (Å²) in [6.07, 6.45) is 0.594. The summed E-state index contributed by atoms with van der Waals surface area (Å²) in [6, 6.07) is 19.7. The standard InChI is InChI=1S/C27H28N2O3/c1-17(2)21-7-11-23(12-8-21)31-16-25(30)28-22-9-5-20(6-10-22)15-26-29-24-14-18(3)13-19(4)27(24)32-26/h5-14,17H,15-16H2,1-4H3,(H,28,30). The number of amides is 1. The van der Waals surface area contributed by atoms with Gasteiger partial charge in [0.2, 0.25) is 0 Å². The number of nitrogens with one attached hydrogen (secondary N) is 1. The molecule has 5 nitrogen and oxygen atoms in total. The van der Waals surface area contributed by atoms with Crippen molar-refractivity contribution < 1.29 is 13.9 Å². The summed E-state index contributed by atoms with van der Waals surface area (Å²) < 4.78 is 11.5. The van der Waals surface area contributed by atoms with Gasteiger partial charge in [0.05, 0.1) is 0 Å². The Balaban J connectivity index is 1.32. The minimum absolute atomic E-state index is 0.0373. The van der Waals surface area contributed by atoms with E-state index in [1.807, 2.05) is 61.5 Å². The first-order chi connectivity index (χ1) is 15.4. The Morgan fingerprint density at radius 2 is 1.75 bits per heavy atom. The summed E-state index contributed by atoms with van der Waals surface area (Å²) in [4.78, 5) is 16.9. The number of rotatable bonds is 7. The number of carbonyl (C=O) groups excluding carboxylic acids is 1. The molecule has 0 saturated heterocycles. The van der Waals surface area contributed by atoms with E-state index in [0.29, 0.717) is 24.0 Å². The third-order valence-electron chi connectivity index (χ3n) is 5.37. The quantitative estimate of drug-likeness (QED) is 0.382. The second-order valence-corrected chi connectivity index (χ2v) is 8.47. The molecular weight excluding hydrogens is 400 g/mol. The van der Waals surface area contributed by atoms with E-state index in [1.54, 1.807) is 0 Å². The molecule has 1 amide bonds. The molecule has 1 aromatic heterocycles. The number of fused-ring (bicyclic) bond motifs is 1. The molecule has 0 radical (unpaired) electrons. The fourth-order valence-electron chi connectivity index (χ4n) is 3.67. The first-order valence-electron chi connectivity index (χ1n) is 10.9. The van der Waals surface area contributed by atoms with E-state index in [0.717, 1.165) is 27.9 Å². The Morgan fingerprint density at radius 1 is 1.03 bits per heavy atom. The van der Waals surface area contributed by atoms with Gasteiger partial charge in [-0.25, -0.2) is 4.98 Å². The van der Waals surface area contributed by atoms with Crippen LogP contribution in [0.1, 0.15) is 47.9 Å². The fraction of sp³-hybridized carbons (Fsp3) is 0.259. The number of hydrogen-bond acceptors (Lipinski definition) is 4. The van der Waals surface area contributed by atoms with Crippen LogP contribution in [0, 0.1) is 13.8 Å². The van der Waals surface area contributed by atoms with E-state index in [1.165, 1.54) is 11.1 Å². The minimum atomic E-state index is -0.199. The van der Waals surface area contributed by atoms with E-state index >= 15 is 0 Å². The lowest BCUT2D eigenvalue weighted by atomic mass is 10.0. The van der Waals surface area contributed by atoms with Crippen molar-refractivity contribution in [3.05, 3.63) is 88.8 Å². The van der Waals surface area contributed by atoms with Crippen LogP contribution in [0.4, 0.5) is 5.69 Å². The molecular formula is C27H28N2O3. The molecule has 164 valence electrons.